The largest absolute Gasteiger partial charge is 0.326 e. The van der Waals surface area contributed by atoms with Gasteiger partial charge in [0, 0.05) is 23.8 Å². The molecule has 0 saturated carbocycles. The lowest BCUT2D eigenvalue weighted by Crippen LogP contribution is -2.15. The number of amides is 1. The number of pyridine rings is 1. The molecular weight excluding hydrogens is 328 g/mol. The summed E-state index contributed by atoms with van der Waals surface area (Å²) in [5.74, 6) is -0.148. The third-order valence-electron chi connectivity index (χ3n) is 3.58. The van der Waals surface area contributed by atoms with Crippen molar-refractivity contribution in [3.05, 3.63) is 69.5 Å². The number of anilines is 1. The molecule has 0 radical (unpaired) electrons. The molecule has 122 valence electrons. The van der Waals surface area contributed by atoms with Crippen molar-refractivity contribution in [2.75, 3.05) is 5.32 Å². The standard InChI is InChI=1S/C17H15ClN4O2/c1-10-12(6-13(18)8-19-10)7-16(23)21-14-4-2-11(3-5-14)15-9-20-17(24)22-15/h2-6,8-9H,7H2,1H3,(H,21,23)(H2,20,22,24). The fraction of sp³-hybridized carbons (Fsp3) is 0.118. The number of carbonyl (C=O) groups excluding carboxylic acids is 1. The van der Waals surface area contributed by atoms with E-state index < -0.39 is 0 Å². The molecule has 0 bridgehead atoms. The van der Waals surface area contributed by atoms with Crippen molar-refractivity contribution in [3.63, 3.8) is 0 Å². The highest BCUT2D eigenvalue weighted by molar-refractivity contribution is 6.30. The fourth-order valence-corrected chi connectivity index (χ4v) is 2.51. The van der Waals surface area contributed by atoms with Crippen LogP contribution in [-0.4, -0.2) is 20.9 Å². The summed E-state index contributed by atoms with van der Waals surface area (Å²) >= 11 is 5.92. The minimum atomic E-state index is -0.257. The van der Waals surface area contributed by atoms with E-state index in [4.69, 9.17) is 11.6 Å². The van der Waals surface area contributed by atoms with Crippen LogP contribution >= 0.6 is 11.6 Å². The lowest BCUT2D eigenvalue weighted by molar-refractivity contribution is -0.115. The molecule has 1 amide bonds. The molecule has 0 aliphatic rings. The molecule has 0 spiro atoms. The SMILES string of the molecule is Cc1ncc(Cl)cc1CC(=O)Nc1ccc(-c2c[nH]c(=O)[nH]2)cc1. The Hall–Kier alpha value is -2.86. The lowest BCUT2D eigenvalue weighted by Gasteiger charge is -2.08. The molecule has 7 heteroatoms. The summed E-state index contributed by atoms with van der Waals surface area (Å²) in [5, 5.41) is 3.34. The molecule has 0 fully saturated rings. The maximum atomic E-state index is 12.2. The second-order valence-corrected chi connectivity index (χ2v) is 5.79. The number of carbonyl (C=O) groups is 1. The van der Waals surface area contributed by atoms with Crippen LogP contribution in [-0.2, 0) is 11.2 Å². The van der Waals surface area contributed by atoms with Crippen LogP contribution in [0.25, 0.3) is 11.3 Å². The van der Waals surface area contributed by atoms with E-state index in [9.17, 15) is 9.59 Å². The second-order valence-electron chi connectivity index (χ2n) is 5.36. The first-order valence-corrected chi connectivity index (χ1v) is 7.68. The molecule has 2 heterocycles. The van der Waals surface area contributed by atoms with Crippen LogP contribution < -0.4 is 11.0 Å². The Labute approximate surface area is 142 Å². The molecule has 0 aliphatic carbocycles. The molecule has 0 aliphatic heterocycles. The Morgan fingerprint density at radius 2 is 2.04 bits per heavy atom. The second kappa shape index (κ2) is 6.72. The Bertz CT molecular complexity index is 928. The van der Waals surface area contributed by atoms with Gasteiger partial charge in [0.05, 0.1) is 17.1 Å². The smallest absolute Gasteiger partial charge is 0.323 e. The number of aryl methyl sites for hydroxylation is 1. The summed E-state index contributed by atoms with van der Waals surface area (Å²) < 4.78 is 0. The van der Waals surface area contributed by atoms with Crippen molar-refractivity contribution in [2.24, 2.45) is 0 Å². The summed E-state index contributed by atoms with van der Waals surface area (Å²) in [5.41, 5.74) is 3.53. The number of hydrogen-bond acceptors (Lipinski definition) is 3. The van der Waals surface area contributed by atoms with Gasteiger partial charge in [0.1, 0.15) is 0 Å². The highest BCUT2D eigenvalue weighted by atomic mass is 35.5. The summed E-state index contributed by atoms with van der Waals surface area (Å²) in [6, 6.07) is 8.94. The number of H-pyrrole nitrogens is 2. The minimum absolute atomic E-state index is 0.148. The van der Waals surface area contributed by atoms with Gasteiger partial charge in [0.25, 0.3) is 0 Å². The zero-order valence-corrected chi connectivity index (χ0v) is 13.6. The third kappa shape index (κ3) is 3.72. The van der Waals surface area contributed by atoms with Crippen LogP contribution in [0.2, 0.25) is 5.02 Å². The van der Waals surface area contributed by atoms with Gasteiger partial charge in [-0.15, -0.1) is 0 Å². The average molecular weight is 343 g/mol. The average Bonchev–Trinajstić information content (AvgIpc) is 2.98. The maximum Gasteiger partial charge on any atom is 0.323 e. The van der Waals surface area contributed by atoms with Gasteiger partial charge in [-0.2, -0.15) is 0 Å². The Morgan fingerprint density at radius 3 is 2.71 bits per heavy atom. The molecule has 6 nitrogen and oxygen atoms in total. The van der Waals surface area contributed by atoms with Crippen LogP contribution in [0, 0.1) is 6.92 Å². The van der Waals surface area contributed by atoms with Crippen molar-refractivity contribution < 1.29 is 4.79 Å². The van der Waals surface area contributed by atoms with Gasteiger partial charge in [-0.25, -0.2) is 4.79 Å². The number of nitrogens with one attached hydrogen (secondary N) is 3. The van der Waals surface area contributed by atoms with Crippen molar-refractivity contribution >= 4 is 23.2 Å². The lowest BCUT2D eigenvalue weighted by atomic mass is 10.1. The molecule has 24 heavy (non-hydrogen) atoms. The first-order chi connectivity index (χ1) is 11.5. The molecular formula is C17H15ClN4O2. The van der Waals surface area contributed by atoms with Gasteiger partial charge in [0.15, 0.2) is 0 Å². The van der Waals surface area contributed by atoms with Crippen molar-refractivity contribution in [3.8, 4) is 11.3 Å². The zero-order chi connectivity index (χ0) is 17.1. The first-order valence-electron chi connectivity index (χ1n) is 7.30. The Morgan fingerprint density at radius 1 is 1.29 bits per heavy atom. The summed E-state index contributed by atoms with van der Waals surface area (Å²) in [6.45, 7) is 1.84. The molecule has 0 saturated heterocycles. The van der Waals surface area contributed by atoms with Gasteiger partial charge in [0.2, 0.25) is 5.91 Å². The summed E-state index contributed by atoms with van der Waals surface area (Å²) in [7, 11) is 0. The predicted octanol–water partition coefficient (Wildman–Crippen LogP) is 2.91. The van der Waals surface area contributed by atoms with Crippen molar-refractivity contribution in [1.29, 1.82) is 0 Å². The normalized spacial score (nSPS) is 10.6. The molecule has 3 aromatic rings. The Kier molecular flexibility index (Phi) is 4.48. The molecule has 0 unspecified atom stereocenters. The van der Waals surface area contributed by atoms with Crippen LogP contribution in [0.15, 0.2) is 47.5 Å². The third-order valence-corrected chi connectivity index (χ3v) is 3.79. The van der Waals surface area contributed by atoms with Crippen molar-refractivity contribution in [1.82, 2.24) is 15.0 Å². The van der Waals surface area contributed by atoms with Gasteiger partial charge < -0.3 is 15.3 Å². The highest BCUT2D eigenvalue weighted by Gasteiger charge is 2.08. The van der Waals surface area contributed by atoms with Gasteiger partial charge in [-0.05, 0) is 36.2 Å². The summed E-state index contributed by atoms with van der Waals surface area (Å²) in [4.78, 5) is 32.7. The Balaban J connectivity index is 1.68. The number of halogens is 1. The molecule has 1 aromatic carbocycles. The number of hydrogen-bond donors (Lipinski definition) is 3. The van der Waals surface area contributed by atoms with E-state index in [1.165, 1.54) is 0 Å². The van der Waals surface area contributed by atoms with Crippen LogP contribution in [0.1, 0.15) is 11.3 Å². The monoisotopic (exact) mass is 342 g/mol. The number of aromatic amines is 2. The van der Waals surface area contributed by atoms with Gasteiger partial charge >= 0.3 is 5.69 Å². The number of aromatic nitrogens is 3. The minimum Gasteiger partial charge on any atom is -0.326 e. The molecule has 2 aromatic heterocycles. The first kappa shape index (κ1) is 16.0. The summed E-state index contributed by atoms with van der Waals surface area (Å²) in [6.07, 6.45) is 3.36. The van der Waals surface area contributed by atoms with Gasteiger partial charge in [-0.1, -0.05) is 23.7 Å². The van der Waals surface area contributed by atoms with E-state index in [2.05, 4.69) is 20.3 Å². The van der Waals surface area contributed by atoms with Crippen LogP contribution in [0.4, 0.5) is 5.69 Å². The van der Waals surface area contributed by atoms with E-state index in [-0.39, 0.29) is 18.0 Å². The predicted molar refractivity (Wildman–Crippen MR) is 93.2 cm³/mol. The molecule has 3 rings (SSSR count). The number of rotatable bonds is 4. The van der Waals surface area contributed by atoms with Gasteiger partial charge in [-0.3, -0.25) is 9.78 Å². The maximum absolute atomic E-state index is 12.2. The molecule has 0 atom stereocenters. The van der Waals surface area contributed by atoms with Crippen LogP contribution in [0.3, 0.4) is 0 Å². The number of benzene rings is 1. The number of nitrogens with zero attached hydrogens (tertiary/aromatic N) is 1. The number of imidazole rings is 1. The van der Waals surface area contributed by atoms with E-state index in [1.807, 2.05) is 19.1 Å². The van der Waals surface area contributed by atoms with E-state index in [1.54, 1.807) is 30.6 Å². The molecule has 3 N–H and O–H groups in total. The zero-order valence-electron chi connectivity index (χ0n) is 12.9. The van der Waals surface area contributed by atoms with E-state index in [0.717, 1.165) is 16.8 Å². The van der Waals surface area contributed by atoms with Crippen molar-refractivity contribution in [2.45, 2.75) is 13.3 Å². The topological polar surface area (TPSA) is 90.6 Å². The van der Waals surface area contributed by atoms with E-state index >= 15 is 0 Å². The highest BCUT2D eigenvalue weighted by Crippen LogP contribution is 2.19. The van der Waals surface area contributed by atoms with E-state index in [0.29, 0.717) is 16.4 Å². The quantitative estimate of drug-likeness (QED) is 0.681. The fourth-order valence-electron chi connectivity index (χ4n) is 2.33. The van der Waals surface area contributed by atoms with Crippen LogP contribution in [0.5, 0.6) is 0 Å².